The second-order valence-electron chi connectivity index (χ2n) is 5.17. The molecule has 0 aromatic heterocycles. The number of nitrogens with two attached hydrogens (primary N) is 1. The molecule has 0 aromatic rings. The van der Waals surface area contributed by atoms with Gasteiger partial charge in [0.1, 0.15) is 18.9 Å². The lowest BCUT2D eigenvalue weighted by Crippen LogP contribution is -2.38. The first-order valence-electron chi connectivity index (χ1n) is 7.13. The van der Waals surface area contributed by atoms with Gasteiger partial charge in [-0.15, -0.1) is 0 Å². The Kier molecular flexibility index (Phi) is 14.7. The molecule has 0 amide bonds. The first-order valence-corrected chi connectivity index (χ1v) is 12.5. The van der Waals surface area contributed by atoms with Crippen molar-refractivity contribution >= 4 is 22.8 Å². The average molecular weight is 447 g/mol. The van der Waals surface area contributed by atoms with Crippen LogP contribution in [0.5, 0.6) is 0 Å². The van der Waals surface area contributed by atoms with Gasteiger partial charge in [0.2, 0.25) is 0 Å². The summed E-state index contributed by atoms with van der Waals surface area (Å²) < 4.78 is 32.8. The molecule has 0 saturated heterocycles. The van der Waals surface area contributed by atoms with Crippen LogP contribution in [0, 0.1) is 0 Å². The summed E-state index contributed by atoms with van der Waals surface area (Å²) >= 11 is 0. The number of aliphatic hydroxyl groups is 2. The summed E-state index contributed by atoms with van der Waals surface area (Å²) in [5.41, 5.74) is 4.78. The molecular formula is C9H28N3O11P3. The zero-order chi connectivity index (χ0) is 21.0. The summed E-state index contributed by atoms with van der Waals surface area (Å²) in [6.45, 7) is -0.441. The fourth-order valence-corrected chi connectivity index (χ4v) is 4.13. The van der Waals surface area contributed by atoms with Crippen molar-refractivity contribution in [3.05, 3.63) is 0 Å². The third-order valence-electron chi connectivity index (χ3n) is 2.43. The summed E-state index contributed by atoms with van der Waals surface area (Å²) in [4.78, 5) is 55.2. The minimum absolute atomic E-state index is 0.0972. The molecule has 14 nitrogen and oxygen atoms in total. The summed E-state index contributed by atoms with van der Waals surface area (Å²) in [6.07, 6.45) is -2.49. The number of aliphatic hydroxyl groups excluding tert-OH is 2. The van der Waals surface area contributed by atoms with E-state index in [9.17, 15) is 13.7 Å². The average Bonchev–Trinajstić information content (AvgIpc) is 2.40. The summed E-state index contributed by atoms with van der Waals surface area (Å²) in [7, 11) is -13.5. The molecule has 0 aliphatic heterocycles. The van der Waals surface area contributed by atoms with Crippen LogP contribution < -0.4 is 5.73 Å². The first kappa shape index (κ1) is 28.5. The van der Waals surface area contributed by atoms with E-state index in [1.54, 1.807) is 0 Å². The van der Waals surface area contributed by atoms with Crippen molar-refractivity contribution in [3.8, 4) is 0 Å². The van der Waals surface area contributed by atoms with Crippen LogP contribution in [0.25, 0.3) is 0 Å². The van der Waals surface area contributed by atoms with Crippen LogP contribution in [0.1, 0.15) is 0 Å². The highest BCUT2D eigenvalue weighted by Crippen LogP contribution is 2.41. The van der Waals surface area contributed by atoms with Crippen molar-refractivity contribution in [2.45, 2.75) is 0 Å². The number of hydrogen-bond donors (Lipinski definition) is 9. The van der Waals surface area contributed by atoms with E-state index in [1.165, 1.54) is 0 Å². The molecular weight excluding hydrogens is 419 g/mol. The minimum Gasteiger partial charge on any atom is -0.395 e. The standard InChI is InChI=1S/C7H21N2O10P3.C2H7NO/c10-4-3-8(5-20(11,12)13)1-2-9(6-21(14,15)16)7-22(17,18)19;3-1-2-4/h10H,1-7H2,(H2,11,12,13)(H2,14,15,16)(H2,17,18,19);4H,1-3H2. The van der Waals surface area contributed by atoms with Gasteiger partial charge in [0.25, 0.3) is 0 Å². The minimum atomic E-state index is -4.56. The van der Waals surface area contributed by atoms with E-state index in [0.717, 1.165) is 9.80 Å². The molecule has 0 saturated carbocycles. The SMILES string of the molecule is NCCO.O=P(O)(O)CN(CCO)CCN(CP(=O)(O)O)CP(=O)(O)O. The zero-order valence-electron chi connectivity index (χ0n) is 14.0. The normalized spacial score (nSPS) is 13.0. The van der Waals surface area contributed by atoms with Crippen molar-refractivity contribution in [1.82, 2.24) is 9.80 Å². The molecule has 160 valence electrons. The van der Waals surface area contributed by atoms with Gasteiger partial charge in [-0.05, 0) is 0 Å². The molecule has 0 aliphatic rings. The van der Waals surface area contributed by atoms with Crippen LogP contribution in [0.3, 0.4) is 0 Å². The Bertz CT molecular complexity index is 478. The lowest BCUT2D eigenvalue weighted by atomic mass is 10.5. The first-order chi connectivity index (χ1) is 11.6. The van der Waals surface area contributed by atoms with Gasteiger partial charge in [0.15, 0.2) is 0 Å². The molecule has 0 aliphatic carbocycles. The van der Waals surface area contributed by atoms with E-state index < -0.39 is 48.3 Å². The van der Waals surface area contributed by atoms with Gasteiger partial charge in [-0.3, -0.25) is 23.5 Å². The third-order valence-corrected chi connectivity index (χ3v) is 4.74. The molecule has 0 bridgehead atoms. The maximum atomic E-state index is 10.9. The molecule has 0 rings (SSSR count). The monoisotopic (exact) mass is 447 g/mol. The molecule has 10 N–H and O–H groups in total. The van der Waals surface area contributed by atoms with E-state index in [4.69, 9.17) is 45.3 Å². The lowest BCUT2D eigenvalue weighted by molar-refractivity contribution is 0.183. The second-order valence-corrected chi connectivity index (χ2v) is 10.0. The van der Waals surface area contributed by atoms with E-state index in [2.05, 4.69) is 0 Å². The van der Waals surface area contributed by atoms with Crippen LogP contribution in [-0.4, -0.2) is 108 Å². The fraction of sp³-hybridized carbons (Fsp3) is 1.00. The van der Waals surface area contributed by atoms with Gasteiger partial charge >= 0.3 is 22.8 Å². The fourth-order valence-electron chi connectivity index (χ4n) is 1.65. The highest BCUT2D eigenvalue weighted by Gasteiger charge is 2.27. The second kappa shape index (κ2) is 13.4. The Morgan fingerprint density at radius 2 is 0.923 bits per heavy atom. The summed E-state index contributed by atoms with van der Waals surface area (Å²) in [6, 6.07) is 0. The third kappa shape index (κ3) is 22.3. The Hall–Kier alpha value is 0.250. The van der Waals surface area contributed by atoms with Gasteiger partial charge in [0, 0.05) is 26.2 Å². The Morgan fingerprint density at radius 3 is 1.19 bits per heavy atom. The van der Waals surface area contributed by atoms with Gasteiger partial charge in [-0.1, -0.05) is 0 Å². The molecule has 0 radical (unpaired) electrons. The number of hydrogen-bond acceptors (Lipinski definition) is 8. The topological polar surface area (TPSA) is 246 Å². The highest BCUT2D eigenvalue weighted by atomic mass is 31.2. The summed E-state index contributed by atoms with van der Waals surface area (Å²) in [5.74, 6) is 0. The quantitative estimate of drug-likeness (QED) is 0.135. The largest absolute Gasteiger partial charge is 0.395 e. The van der Waals surface area contributed by atoms with Crippen molar-refractivity contribution in [3.63, 3.8) is 0 Å². The molecule has 26 heavy (non-hydrogen) atoms. The molecule has 0 spiro atoms. The van der Waals surface area contributed by atoms with Crippen LogP contribution in [-0.2, 0) is 13.7 Å². The van der Waals surface area contributed by atoms with Gasteiger partial charge in [-0.2, -0.15) is 0 Å². The van der Waals surface area contributed by atoms with Crippen LogP contribution in [0.2, 0.25) is 0 Å². The number of rotatable bonds is 12. The predicted octanol–water partition coefficient (Wildman–Crippen LogP) is -3.07. The zero-order valence-corrected chi connectivity index (χ0v) is 16.7. The van der Waals surface area contributed by atoms with E-state index >= 15 is 0 Å². The smallest absolute Gasteiger partial charge is 0.339 e. The van der Waals surface area contributed by atoms with Crippen molar-refractivity contribution in [1.29, 1.82) is 0 Å². The van der Waals surface area contributed by atoms with Crippen molar-refractivity contribution in [2.75, 3.05) is 58.3 Å². The molecule has 0 fully saturated rings. The van der Waals surface area contributed by atoms with E-state index in [0.29, 0.717) is 6.54 Å². The van der Waals surface area contributed by atoms with Crippen LogP contribution >= 0.6 is 22.8 Å². The predicted molar refractivity (Wildman–Crippen MR) is 92.2 cm³/mol. The van der Waals surface area contributed by atoms with Gasteiger partial charge in [-0.25, -0.2) is 0 Å². The van der Waals surface area contributed by atoms with E-state index in [-0.39, 0.29) is 26.2 Å². The molecule has 0 heterocycles. The van der Waals surface area contributed by atoms with Gasteiger partial charge in [0.05, 0.1) is 13.2 Å². The van der Waals surface area contributed by atoms with Gasteiger partial charge < -0.3 is 45.3 Å². The maximum absolute atomic E-state index is 10.9. The van der Waals surface area contributed by atoms with E-state index in [1.807, 2.05) is 0 Å². The number of nitrogens with zero attached hydrogens (tertiary/aromatic N) is 2. The maximum Gasteiger partial charge on any atom is 0.339 e. The lowest BCUT2D eigenvalue weighted by Gasteiger charge is -2.27. The molecule has 17 heteroatoms. The Morgan fingerprint density at radius 1 is 0.615 bits per heavy atom. The molecule has 0 aromatic carbocycles. The van der Waals surface area contributed by atoms with Crippen LogP contribution in [0.4, 0.5) is 0 Å². The molecule has 0 atom stereocenters. The van der Waals surface area contributed by atoms with Crippen molar-refractivity contribution < 1.29 is 53.3 Å². The van der Waals surface area contributed by atoms with Crippen molar-refractivity contribution in [2.24, 2.45) is 5.73 Å². The Balaban J connectivity index is 0. The Labute approximate surface area is 150 Å². The highest BCUT2D eigenvalue weighted by molar-refractivity contribution is 7.52. The molecule has 0 unspecified atom stereocenters. The summed E-state index contributed by atoms with van der Waals surface area (Å²) in [5, 5.41) is 16.6. The van der Waals surface area contributed by atoms with Crippen LogP contribution in [0.15, 0.2) is 0 Å².